The van der Waals surface area contributed by atoms with Gasteiger partial charge in [0.05, 0.1) is 19.3 Å². The van der Waals surface area contributed by atoms with E-state index in [1.807, 2.05) is 13.8 Å². The molecule has 0 aromatic heterocycles. The lowest BCUT2D eigenvalue weighted by Gasteiger charge is -2.40. The van der Waals surface area contributed by atoms with Crippen molar-refractivity contribution in [3.8, 4) is 11.5 Å². The quantitative estimate of drug-likeness (QED) is 0.440. The lowest BCUT2D eigenvalue weighted by atomic mass is 9.81. The Morgan fingerprint density at radius 3 is 1.93 bits per heavy atom. The van der Waals surface area contributed by atoms with Gasteiger partial charge in [0, 0.05) is 23.0 Å². The minimum absolute atomic E-state index is 0.150. The van der Waals surface area contributed by atoms with Gasteiger partial charge in [-0.15, -0.1) is 11.6 Å². The molecule has 1 aromatic rings. The van der Waals surface area contributed by atoms with E-state index in [0.717, 1.165) is 16.7 Å². The number of sulfone groups is 1. The van der Waals surface area contributed by atoms with Gasteiger partial charge in [0.2, 0.25) is 9.84 Å². The van der Waals surface area contributed by atoms with Crippen LogP contribution in [0, 0.1) is 0 Å². The molecule has 2 bridgehead atoms. The molecule has 3 aliphatic rings. The molecule has 1 heterocycles. The third kappa shape index (κ3) is 1.87. The topological polar surface area (TPSA) is 52.6 Å². The third-order valence-electron chi connectivity index (χ3n) is 5.81. The summed E-state index contributed by atoms with van der Waals surface area (Å²) in [5.74, 6) is -0.280. The lowest BCUT2D eigenvalue weighted by molar-refractivity contribution is 0.385. The average Bonchev–Trinajstić information content (AvgIpc) is 3.13. The molecule has 2 aliphatic carbocycles. The zero-order chi connectivity index (χ0) is 20.1. The van der Waals surface area contributed by atoms with Gasteiger partial charge in [0.15, 0.2) is 8.57 Å². The molecule has 146 valence electrons. The maximum Gasteiger partial charge on any atom is 0.213 e. The molecule has 1 fully saturated rings. The van der Waals surface area contributed by atoms with Crippen molar-refractivity contribution < 1.29 is 17.9 Å². The number of alkyl halides is 2. The fourth-order valence-corrected chi connectivity index (χ4v) is 9.45. The summed E-state index contributed by atoms with van der Waals surface area (Å²) in [4.78, 5) is -1.63. The van der Waals surface area contributed by atoms with Crippen molar-refractivity contribution in [1.29, 1.82) is 0 Å². The predicted molar refractivity (Wildman–Crippen MR) is 108 cm³/mol. The number of allylic oxidation sites excluding steroid dienone is 3. The van der Waals surface area contributed by atoms with E-state index < -0.39 is 35.1 Å². The van der Waals surface area contributed by atoms with Gasteiger partial charge in [-0.3, -0.25) is 0 Å². The third-order valence-corrected chi connectivity index (χ3v) is 11.5. The summed E-state index contributed by atoms with van der Waals surface area (Å²) in [5, 5.41) is -0.150. The van der Waals surface area contributed by atoms with Crippen LogP contribution in [0.25, 0.3) is 0 Å². The summed E-state index contributed by atoms with van der Waals surface area (Å²) in [6.45, 7) is 3.79. The molecule has 9 heteroatoms. The predicted octanol–water partition coefficient (Wildman–Crippen LogP) is 5.22. The number of methoxy groups -OCH3 is 2. The number of ether oxygens (including phenoxy) is 2. The molecule has 0 amide bonds. The fraction of sp³-hybridized carbons (Fsp3) is 0.444. The second-order valence-corrected chi connectivity index (χ2v) is 11.5. The van der Waals surface area contributed by atoms with Gasteiger partial charge >= 0.3 is 0 Å². The van der Waals surface area contributed by atoms with Gasteiger partial charge in [-0.05, 0) is 26.0 Å². The summed E-state index contributed by atoms with van der Waals surface area (Å²) in [6, 6.07) is 3.50. The highest BCUT2D eigenvalue weighted by atomic mass is 35.5. The number of hydrogen-bond acceptors (Lipinski definition) is 4. The van der Waals surface area contributed by atoms with Crippen molar-refractivity contribution in [2.24, 2.45) is 0 Å². The van der Waals surface area contributed by atoms with Gasteiger partial charge in [-0.1, -0.05) is 45.9 Å². The molecule has 4 atom stereocenters. The zero-order valence-corrected chi connectivity index (χ0v) is 18.7. The van der Waals surface area contributed by atoms with E-state index in [1.54, 1.807) is 19.2 Å². The minimum Gasteiger partial charge on any atom is -0.496 e. The van der Waals surface area contributed by atoms with E-state index in [-0.39, 0.29) is 5.03 Å². The van der Waals surface area contributed by atoms with Crippen molar-refractivity contribution >= 4 is 56.2 Å². The second-order valence-electron chi connectivity index (χ2n) is 7.07. The van der Waals surface area contributed by atoms with Gasteiger partial charge < -0.3 is 9.47 Å². The molecule has 0 saturated heterocycles. The van der Waals surface area contributed by atoms with Crippen LogP contribution in [0.4, 0.5) is 0 Å². The summed E-state index contributed by atoms with van der Waals surface area (Å²) in [6.07, 6.45) is 0. The Bertz CT molecular complexity index is 1060. The largest absolute Gasteiger partial charge is 0.496 e. The summed E-state index contributed by atoms with van der Waals surface area (Å²) >= 11 is 26.5. The van der Waals surface area contributed by atoms with Crippen molar-refractivity contribution in [3.05, 3.63) is 43.8 Å². The van der Waals surface area contributed by atoms with E-state index in [4.69, 9.17) is 55.9 Å². The Labute approximate surface area is 177 Å². The number of rotatable bonds is 2. The molecule has 4 rings (SSSR count). The van der Waals surface area contributed by atoms with Crippen LogP contribution in [0.2, 0.25) is 0 Å². The molecule has 27 heavy (non-hydrogen) atoms. The summed E-state index contributed by atoms with van der Waals surface area (Å²) in [5.41, 5.74) is 3.12. The maximum atomic E-state index is 13.2. The highest BCUT2D eigenvalue weighted by molar-refractivity contribution is 8.00. The first-order valence-corrected chi connectivity index (χ1v) is 11.1. The van der Waals surface area contributed by atoms with Crippen LogP contribution in [0.5, 0.6) is 11.5 Å². The fourth-order valence-electron chi connectivity index (χ4n) is 4.83. The Balaban J connectivity index is 2.23. The highest BCUT2D eigenvalue weighted by Crippen LogP contribution is 2.80. The van der Waals surface area contributed by atoms with Crippen molar-refractivity contribution in [2.75, 3.05) is 14.2 Å². The highest BCUT2D eigenvalue weighted by Gasteiger charge is 2.82. The molecule has 4 nitrogen and oxygen atoms in total. The van der Waals surface area contributed by atoms with Gasteiger partial charge in [-0.2, -0.15) is 0 Å². The van der Waals surface area contributed by atoms with Crippen molar-refractivity contribution in [3.63, 3.8) is 0 Å². The van der Waals surface area contributed by atoms with Crippen LogP contribution in [-0.4, -0.2) is 31.7 Å². The van der Waals surface area contributed by atoms with E-state index >= 15 is 0 Å². The lowest BCUT2D eigenvalue weighted by Crippen LogP contribution is -2.50. The van der Waals surface area contributed by atoms with Crippen LogP contribution in [0.1, 0.15) is 36.8 Å². The Kier molecular flexibility index (Phi) is 4.18. The Morgan fingerprint density at radius 1 is 1.00 bits per heavy atom. The van der Waals surface area contributed by atoms with Gasteiger partial charge in [-0.25, -0.2) is 8.42 Å². The molecule has 0 N–H and O–H groups in total. The molecule has 1 aromatic carbocycles. The van der Waals surface area contributed by atoms with Gasteiger partial charge in [0.25, 0.3) is 0 Å². The molecule has 0 spiro atoms. The standard InChI is InChI=1S/C18H16Cl4O4S/c1-7(2)10-13-11-8(25-3)5-6-9(26-4)12(11)14(10)18(22)17(13,21)15(19)16(20)27(18,23)24/h5-6,13-14H,1-4H3/t13-,14-,17+,18+/m1/s1. The monoisotopic (exact) mass is 468 g/mol. The first-order chi connectivity index (χ1) is 12.5. The molecular formula is C18H16Cl4O4S. The van der Waals surface area contributed by atoms with E-state index in [2.05, 4.69) is 0 Å². The van der Waals surface area contributed by atoms with E-state index in [1.165, 1.54) is 7.11 Å². The normalized spacial score (nSPS) is 35.3. The molecule has 0 radical (unpaired) electrons. The van der Waals surface area contributed by atoms with Gasteiger partial charge in [0.1, 0.15) is 16.4 Å². The first kappa shape index (κ1) is 19.7. The number of fused-ring (bicyclic) bond motifs is 8. The van der Waals surface area contributed by atoms with Crippen LogP contribution >= 0.6 is 46.4 Å². The number of halogens is 4. The Hall–Kier alpha value is -0.590. The molecule has 1 saturated carbocycles. The average molecular weight is 470 g/mol. The SMILES string of the molecule is COc1ccc(OC)c2c1[C@H]1C(=C(C)C)[C@H]2[C@@]2(Cl)[C@@]1(Cl)C(Cl)=C(Cl)S2(=O)=O. The Morgan fingerprint density at radius 2 is 1.48 bits per heavy atom. The summed E-state index contributed by atoms with van der Waals surface area (Å²) in [7, 11) is -1.12. The minimum atomic E-state index is -4.18. The number of hydrogen-bond donors (Lipinski definition) is 0. The molecule has 0 unspecified atom stereocenters. The van der Waals surface area contributed by atoms with Crippen molar-refractivity contribution in [2.45, 2.75) is 34.8 Å². The maximum absolute atomic E-state index is 13.2. The van der Waals surface area contributed by atoms with E-state index in [9.17, 15) is 8.42 Å². The zero-order valence-electron chi connectivity index (χ0n) is 14.9. The van der Waals surface area contributed by atoms with E-state index in [0.29, 0.717) is 17.1 Å². The smallest absolute Gasteiger partial charge is 0.213 e. The molecular weight excluding hydrogens is 454 g/mol. The van der Waals surface area contributed by atoms with Crippen molar-refractivity contribution in [1.82, 2.24) is 0 Å². The summed E-state index contributed by atoms with van der Waals surface area (Å²) < 4.78 is 35.1. The second kappa shape index (κ2) is 5.73. The van der Waals surface area contributed by atoms with Crippen LogP contribution in [0.3, 0.4) is 0 Å². The van der Waals surface area contributed by atoms with Crippen LogP contribution in [0.15, 0.2) is 32.7 Å². The first-order valence-electron chi connectivity index (χ1n) is 8.11. The molecule has 1 aliphatic heterocycles. The van der Waals surface area contributed by atoms with Crippen LogP contribution in [-0.2, 0) is 9.84 Å². The van der Waals surface area contributed by atoms with Crippen LogP contribution < -0.4 is 9.47 Å². The number of benzene rings is 1.